The van der Waals surface area contributed by atoms with E-state index in [0.29, 0.717) is 18.1 Å². The maximum atomic E-state index is 12.2. The molecular formula is C16H19ClN2O. The van der Waals surface area contributed by atoms with Crippen molar-refractivity contribution < 1.29 is 4.79 Å². The van der Waals surface area contributed by atoms with E-state index in [1.54, 1.807) is 6.20 Å². The molecule has 2 aromatic rings. The second-order valence-corrected chi connectivity index (χ2v) is 5.12. The second-order valence-electron chi connectivity index (χ2n) is 4.74. The number of carbonyl (C=O) groups is 1. The third kappa shape index (κ3) is 3.94. The van der Waals surface area contributed by atoms with Crippen LogP contribution in [0, 0.1) is 0 Å². The first-order valence-corrected chi connectivity index (χ1v) is 7.54. The Kier molecular flexibility index (Phi) is 5.81. The minimum Gasteiger partial charge on any atom is -0.351 e. The van der Waals surface area contributed by atoms with Crippen LogP contribution in [0.3, 0.4) is 0 Å². The van der Waals surface area contributed by atoms with E-state index in [2.05, 4.69) is 10.3 Å². The molecule has 0 radical (unpaired) electrons. The number of hydrogen-bond acceptors (Lipinski definition) is 2. The topological polar surface area (TPSA) is 42.0 Å². The van der Waals surface area contributed by atoms with Crippen molar-refractivity contribution in [1.82, 2.24) is 10.3 Å². The lowest BCUT2D eigenvalue weighted by Crippen LogP contribution is -2.25. The average molecular weight is 291 g/mol. The Hall–Kier alpha value is -1.61. The van der Waals surface area contributed by atoms with Gasteiger partial charge in [0.2, 0.25) is 0 Å². The van der Waals surface area contributed by atoms with Gasteiger partial charge in [0.15, 0.2) is 0 Å². The smallest absolute Gasteiger partial charge is 0.270 e. The van der Waals surface area contributed by atoms with Gasteiger partial charge in [-0.15, -0.1) is 11.6 Å². The number of pyridine rings is 1. The number of halogens is 1. The Morgan fingerprint density at radius 3 is 2.75 bits per heavy atom. The van der Waals surface area contributed by atoms with Gasteiger partial charge in [-0.2, -0.15) is 0 Å². The van der Waals surface area contributed by atoms with Crippen molar-refractivity contribution >= 4 is 28.3 Å². The Morgan fingerprint density at radius 2 is 1.90 bits per heavy atom. The summed E-state index contributed by atoms with van der Waals surface area (Å²) in [5.74, 6) is 0.617. The molecule has 0 aliphatic heterocycles. The molecule has 20 heavy (non-hydrogen) atoms. The molecule has 2 rings (SSSR count). The van der Waals surface area contributed by atoms with Crippen LogP contribution in [0.4, 0.5) is 0 Å². The van der Waals surface area contributed by atoms with Gasteiger partial charge in [-0.1, -0.05) is 37.1 Å². The quantitative estimate of drug-likeness (QED) is 0.623. The molecule has 0 aliphatic rings. The first kappa shape index (κ1) is 14.8. The Morgan fingerprint density at radius 1 is 1.10 bits per heavy atom. The summed E-state index contributed by atoms with van der Waals surface area (Å²) >= 11 is 5.62. The lowest BCUT2D eigenvalue weighted by Gasteiger charge is -2.07. The highest BCUT2D eigenvalue weighted by atomic mass is 35.5. The van der Waals surface area contributed by atoms with Gasteiger partial charge in [0.05, 0.1) is 0 Å². The number of alkyl halides is 1. The number of unbranched alkanes of at least 4 members (excludes halogenated alkanes) is 3. The predicted octanol–water partition coefficient (Wildman–Crippen LogP) is 3.76. The van der Waals surface area contributed by atoms with Gasteiger partial charge in [0, 0.05) is 24.0 Å². The fourth-order valence-electron chi connectivity index (χ4n) is 2.16. The normalized spacial score (nSPS) is 10.7. The molecule has 0 atom stereocenters. The maximum Gasteiger partial charge on any atom is 0.270 e. The molecule has 0 aliphatic carbocycles. The van der Waals surface area contributed by atoms with Crippen LogP contribution in [0.1, 0.15) is 36.2 Å². The highest BCUT2D eigenvalue weighted by molar-refractivity contribution is 6.17. The highest BCUT2D eigenvalue weighted by Gasteiger charge is 2.10. The molecular weight excluding hydrogens is 272 g/mol. The predicted molar refractivity (Wildman–Crippen MR) is 83.3 cm³/mol. The van der Waals surface area contributed by atoms with Gasteiger partial charge in [0.25, 0.3) is 5.91 Å². The second kappa shape index (κ2) is 7.85. The molecule has 1 N–H and O–H groups in total. The van der Waals surface area contributed by atoms with Crippen molar-refractivity contribution in [2.24, 2.45) is 0 Å². The van der Waals surface area contributed by atoms with E-state index in [4.69, 9.17) is 11.6 Å². The molecule has 0 unspecified atom stereocenters. The summed E-state index contributed by atoms with van der Waals surface area (Å²) in [5.41, 5.74) is 0.504. The van der Waals surface area contributed by atoms with Crippen molar-refractivity contribution in [3.8, 4) is 0 Å². The monoisotopic (exact) mass is 290 g/mol. The SMILES string of the molecule is O=C(NCCCCCCCl)c1nccc2ccccc12. The van der Waals surface area contributed by atoms with Crippen LogP contribution < -0.4 is 5.32 Å². The van der Waals surface area contributed by atoms with E-state index in [1.807, 2.05) is 30.3 Å². The first-order valence-electron chi connectivity index (χ1n) is 7.01. The number of nitrogens with zero attached hydrogens (tertiary/aromatic N) is 1. The third-order valence-electron chi connectivity index (χ3n) is 3.23. The molecule has 1 aromatic heterocycles. The van der Waals surface area contributed by atoms with Crippen molar-refractivity contribution in [2.45, 2.75) is 25.7 Å². The summed E-state index contributed by atoms with van der Waals surface area (Å²) < 4.78 is 0. The number of carbonyl (C=O) groups excluding carboxylic acids is 1. The van der Waals surface area contributed by atoms with Gasteiger partial charge in [-0.3, -0.25) is 9.78 Å². The number of nitrogens with one attached hydrogen (secondary N) is 1. The van der Waals surface area contributed by atoms with Crippen molar-refractivity contribution in [3.05, 3.63) is 42.2 Å². The molecule has 1 amide bonds. The third-order valence-corrected chi connectivity index (χ3v) is 3.50. The van der Waals surface area contributed by atoms with Crippen LogP contribution in [0.25, 0.3) is 10.8 Å². The Labute approximate surface area is 124 Å². The number of fused-ring (bicyclic) bond motifs is 1. The molecule has 106 valence electrons. The van der Waals surface area contributed by atoms with Crippen LogP contribution in [0.15, 0.2) is 36.5 Å². The van der Waals surface area contributed by atoms with Crippen LogP contribution in [-0.4, -0.2) is 23.3 Å². The zero-order valence-electron chi connectivity index (χ0n) is 11.4. The van der Waals surface area contributed by atoms with E-state index in [-0.39, 0.29) is 5.91 Å². The zero-order chi connectivity index (χ0) is 14.2. The lowest BCUT2D eigenvalue weighted by molar-refractivity contribution is 0.0950. The molecule has 0 bridgehead atoms. The Balaban J connectivity index is 1.91. The molecule has 0 saturated heterocycles. The van der Waals surface area contributed by atoms with Gasteiger partial charge < -0.3 is 5.32 Å². The van der Waals surface area contributed by atoms with Gasteiger partial charge in [-0.25, -0.2) is 0 Å². The average Bonchev–Trinajstić information content (AvgIpc) is 2.50. The zero-order valence-corrected chi connectivity index (χ0v) is 12.2. The summed E-state index contributed by atoms with van der Waals surface area (Å²) in [7, 11) is 0. The minimum atomic E-state index is -0.0980. The molecule has 0 spiro atoms. The van der Waals surface area contributed by atoms with Gasteiger partial charge in [-0.05, 0) is 24.3 Å². The number of amides is 1. The van der Waals surface area contributed by atoms with E-state index < -0.39 is 0 Å². The Bertz CT molecular complexity index is 566. The first-order chi connectivity index (χ1) is 9.83. The molecule has 4 heteroatoms. The van der Waals surface area contributed by atoms with Crippen LogP contribution in [-0.2, 0) is 0 Å². The van der Waals surface area contributed by atoms with Crippen LogP contribution in [0.2, 0.25) is 0 Å². The van der Waals surface area contributed by atoms with E-state index in [0.717, 1.165) is 36.5 Å². The van der Waals surface area contributed by atoms with Crippen LogP contribution >= 0.6 is 11.6 Å². The van der Waals surface area contributed by atoms with Crippen molar-refractivity contribution in [1.29, 1.82) is 0 Å². The standard InChI is InChI=1S/C16H19ClN2O/c17-10-5-1-2-6-11-19-16(20)15-14-8-4-3-7-13(14)9-12-18-15/h3-4,7-9,12H,1-2,5-6,10-11H2,(H,19,20). The molecule has 1 heterocycles. The fraction of sp³-hybridized carbons (Fsp3) is 0.375. The largest absolute Gasteiger partial charge is 0.351 e. The van der Waals surface area contributed by atoms with Gasteiger partial charge >= 0.3 is 0 Å². The summed E-state index contributed by atoms with van der Waals surface area (Å²) in [6.07, 6.45) is 5.91. The summed E-state index contributed by atoms with van der Waals surface area (Å²) in [4.78, 5) is 16.4. The molecule has 0 fully saturated rings. The maximum absolute atomic E-state index is 12.2. The van der Waals surface area contributed by atoms with Crippen molar-refractivity contribution in [2.75, 3.05) is 12.4 Å². The van der Waals surface area contributed by atoms with Gasteiger partial charge in [0.1, 0.15) is 5.69 Å². The summed E-state index contributed by atoms with van der Waals surface area (Å²) in [6, 6.07) is 9.71. The van der Waals surface area contributed by atoms with E-state index >= 15 is 0 Å². The minimum absolute atomic E-state index is 0.0980. The van der Waals surface area contributed by atoms with E-state index in [1.165, 1.54) is 0 Å². The summed E-state index contributed by atoms with van der Waals surface area (Å²) in [6.45, 7) is 0.687. The molecule has 0 saturated carbocycles. The lowest BCUT2D eigenvalue weighted by atomic mass is 10.1. The van der Waals surface area contributed by atoms with Crippen molar-refractivity contribution in [3.63, 3.8) is 0 Å². The highest BCUT2D eigenvalue weighted by Crippen LogP contribution is 2.16. The molecule has 1 aromatic carbocycles. The number of benzene rings is 1. The number of hydrogen-bond donors (Lipinski definition) is 1. The number of rotatable bonds is 7. The molecule has 3 nitrogen and oxygen atoms in total. The summed E-state index contributed by atoms with van der Waals surface area (Å²) in [5, 5.41) is 4.87. The van der Waals surface area contributed by atoms with Crippen LogP contribution in [0.5, 0.6) is 0 Å². The fourth-order valence-corrected chi connectivity index (χ4v) is 2.35. The number of aromatic nitrogens is 1. The van der Waals surface area contributed by atoms with E-state index in [9.17, 15) is 4.79 Å².